The molecule has 1 aromatic carbocycles. The predicted octanol–water partition coefficient (Wildman–Crippen LogP) is 3.81. The highest BCUT2D eigenvalue weighted by molar-refractivity contribution is 8.00. The zero-order chi connectivity index (χ0) is 11.8. The van der Waals surface area contributed by atoms with E-state index in [9.17, 15) is 5.11 Å². The van der Waals surface area contributed by atoms with Gasteiger partial charge in [-0.25, -0.2) is 0 Å². The highest BCUT2D eigenvalue weighted by Gasteiger charge is 2.29. The van der Waals surface area contributed by atoms with Crippen LogP contribution in [0.25, 0.3) is 0 Å². The summed E-state index contributed by atoms with van der Waals surface area (Å²) in [6, 6.07) is 12.6. The van der Waals surface area contributed by atoms with Crippen LogP contribution in [0.15, 0.2) is 41.3 Å². The van der Waals surface area contributed by atoms with Gasteiger partial charge in [0.1, 0.15) is 6.10 Å². The van der Waals surface area contributed by atoms with Crippen LogP contribution in [-0.2, 0) is 6.42 Å². The lowest BCUT2D eigenvalue weighted by atomic mass is 10.1. The summed E-state index contributed by atoms with van der Waals surface area (Å²) in [5.41, 5.74) is 1.37. The average molecular weight is 262 g/mol. The number of thioether (sulfide) groups is 1. The third kappa shape index (κ3) is 2.15. The first-order chi connectivity index (χ1) is 8.24. The quantitative estimate of drug-likeness (QED) is 0.888. The van der Waals surface area contributed by atoms with E-state index in [4.69, 9.17) is 0 Å². The molecule has 1 aliphatic heterocycles. The maximum absolute atomic E-state index is 10.4. The maximum Gasteiger partial charge on any atom is 0.101 e. The molecule has 2 heterocycles. The third-order valence-electron chi connectivity index (χ3n) is 3.08. The molecule has 2 unspecified atom stereocenters. The molecule has 88 valence electrons. The molecule has 1 aliphatic rings. The van der Waals surface area contributed by atoms with Crippen LogP contribution in [0, 0.1) is 6.92 Å². The van der Waals surface area contributed by atoms with Gasteiger partial charge in [0.15, 0.2) is 0 Å². The van der Waals surface area contributed by atoms with Crippen LogP contribution in [0.2, 0.25) is 0 Å². The number of benzene rings is 1. The zero-order valence-corrected chi connectivity index (χ0v) is 11.2. The fourth-order valence-corrected chi connectivity index (χ4v) is 4.52. The summed E-state index contributed by atoms with van der Waals surface area (Å²) in [4.78, 5) is 3.68. The van der Waals surface area contributed by atoms with Gasteiger partial charge >= 0.3 is 0 Å². The summed E-state index contributed by atoms with van der Waals surface area (Å²) in [5, 5.41) is 10.7. The molecule has 17 heavy (non-hydrogen) atoms. The first kappa shape index (κ1) is 11.3. The highest BCUT2D eigenvalue weighted by Crippen LogP contribution is 2.43. The van der Waals surface area contributed by atoms with Crippen molar-refractivity contribution in [1.29, 1.82) is 0 Å². The molecule has 0 amide bonds. The van der Waals surface area contributed by atoms with Crippen LogP contribution in [0.1, 0.15) is 21.4 Å². The van der Waals surface area contributed by atoms with Crippen molar-refractivity contribution in [2.45, 2.75) is 29.6 Å². The van der Waals surface area contributed by atoms with Crippen LogP contribution in [0.4, 0.5) is 0 Å². The molecule has 1 aromatic heterocycles. The van der Waals surface area contributed by atoms with Crippen molar-refractivity contribution in [3.63, 3.8) is 0 Å². The molecule has 0 bridgehead atoms. The molecule has 0 saturated heterocycles. The van der Waals surface area contributed by atoms with Gasteiger partial charge in [0.05, 0.1) is 0 Å². The van der Waals surface area contributed by atoms with Crippen LogP contribution < -0.4 is 0 Å². The number of fused-ring (bicyclic) bond motifs is 1. The number of hydrogen-bond acceptors (Lipinski definition) is 3. The van der Waals surface area contributed by atoms with E-state index in [1.807, 2.05) is 6.07 Å². The van der Waals surface area contributed by atoms with Crippen molar-refractivity contribution in [3.8, 4) is 0 Å². The Hall–Kier alpha value is -0.770. The Morgan fingerprint density at radius 2 is 2.06 bits per heavy atom. The summed E-state index contributed by atoms with van der Waals surface area (Å²) >= 11 is 3.50. The topological polar surface area (TPSA) is 20.2 Å². The minimum atomic E-state index is -0.342. The van der Waals surface area contributed by atoms with Crippen molar-refractivity contribution >= 4 is 23.1 Å². The van der Waals surface area contributed by atoms with Crippen LogP contribution >= 0.6 is 23.1 Å². The monoisotopic (exact) mass is 262 g/mol. The number of rotatable bonds is 2. The van der Waals surface area contributed by atoms with Crippen LogP contribution in [-0.4, -0.2) is 10.4 Å². The molecule has 1 nitrogen and oxygen atoms in total. The SMILES string of the molecule is Cc1ccc(C(O)C2Cc3ccccc3S2)s1. The van der Waals surface area contributed by atoms with Gasteiger partial charge in [-0.1, -0.05) is 18.2 Å². The predicted molar refractivity (Wildman–Crippen MR) is 73.8 cm³/mol. The summed E-state index contributed by atoms with van der Waals surface area (Å²) in [5.74, 6) is 0. The summed E-state index contributed by atoms with van der Waals surface area (Å²) < 4.78 is 0. The van der Waals surface area contributed by atoms with Crippen molar-refractivity contribution in [1.82, 2.24) is 0 Å². The standard InChI is InChI=1S/C14H14OS2/c1-9-6-7-12(16-9)14(15)13-8-10-4-2-3-5-11(10)17-13/h2-7,13-15H,8H2,1H3. The first-order valence-corrected chi connectivity index (χ1v) is 7.42. The van der Waals surface area contributed by atoms with E-state index in [-0.39, 0.29) is 11.4 Å². The van der Waals surface area contributed by atoms with Gasteiger partial charge in [-0.05, 0) is 37.1 Å². The van der Waals surface area contributed by atoms with E-state index in [1.54, 1.807) is 23.1 Å². The highest BCUT2D eigenvalue weighted by atomic mass is 32.2. The minimum Gasteiger partial charge on any atom is -0.386 e. The van der Waals surface area contributed by atoms with Crippen LogP contribution in [0.3, 0.4) is 0 Å². The molecule has 2 atom stereocenters. The molecule has 2 aromatic rings. The van der Waals surface area contributed by atoms with E-state index >= 15 is 0 Å². The Bertz CT molecular complexity index is 508. The van der Waals surface area contributed by atoms with E-state index in [1.165, 1.54) is 15.3 Å². The van der Waals surface area contributed by atoms with Gasteiger partial charge in [-0.3, -0.25) is 0 Å². The maximum atomic E-state index is 10.4. The second-order valence-corrected chi connectivity index (χ2v) is 6.96. The Labute approximate surface area is 110 Å². The zero-order valence-electron chi connectivity index (χ0n) is 9.59. The molecule has 3 rings (SSSR count). The van der Waals surface area contributed by atoms with Crippen molar-refractivity contribution in [2.75, 3.05) is 0 Å². The molecular formula is C14H14OS2. The van der Waals surface area contributed by atoms with E-state index < -0.39 is 0 Å². The number of aliphatic hydroxyl groups excluding tert-OH is 1. The number of aliphatic hydroxyl groups is 1. The Balaban J connectivity index is 1.80. The molecule has 1 N–H and O–H groups in total. The molecule has 0 fully saturated rings. The van der Waals surface area contributed by atoms with Gasteiger partial charge in [0.2, 0.25) is 0 Å². The van der Waals surface area contributed by atoms with Gasteiger partial charge in [0.25, 0.3) is 0 Å². The lowest BCUT2D eigenvalue weighted by Crippen LogP contribution is -2.12. The fourth-order valence-electron chi connectivity index (χ4n) is 2.18. The second-order valence-electron chi connectivity index (χ2n) is 4.36. The van der Waals surface area contributed by atoms with Gasteiger partial charge in [-0.15, -0.1) is 23.1 Å². The smallest absolute Gasteiger partial charge is 0.101 e. The summed E-state index contributed by atoms with van der Waals surface area (Å²) in [7, 11) is 0. The normalized spacial score (nSPS) is 20.2. The molecule has 0 radical (unpaired) electrons. The van der Waals surface area contributed by atoms with E-state index in [0.29, 0.717) is 0 Å². The van der Waals surface area contributed by atoms with Gasteiger partial charge in [-0.2, -0.15) is 0 Å². The molecule has 0 aliphatic carbocycles. The number of aryl methyl sites for hydroxylation is 1. The molecule has 3 heteroatoms. The van der Waals surface area contributed by atoms with E-state index in [2.05, 4.69) is 37.3 Å². The first-order valence-electron chi connectivity index (χ1n) is 5.73. The Morgan fingerprint density at radius 1 is 1.24 bits per heavy atom. The molecule has 0 saturated carbocycles. The van der Waals surface area contributed by atoms with Gasteiger partial charge < -0.3 is 5.11 Å². The van der Waals surface area contributed by atoms with E-state index in [0.717, 1.165) is 11.3 Å². The van der Waals surface area contributed by atoms with Crippen molar-refractivity contribution in [2.24, 2.45) is 0 Å². The van der Waals surface area contributed by atoms with Crippen LogP contribution in [0.5, 0.6) is 0 Å². The second kappa shape index (κ2) is 4.48. The molecule has 0 spiro atoms. The fraction of sp³-hybridized carbons (Fsp3) is 0.286. The van der Waals surface area contributed by atoms with Gasteiger partial charge in [0, 0.05) is 19.9 Å². The molecular weight excluding hydrogens is 248 g/mol. The lowest BCUT2D eigenvalue weighted by Gasteiger charge is -2.15. The summed E-state index contributed by atoms with van der Waals surface area (Å²) in [6.45, 7) is 2.08. The summed E-state index contributed by atoms with van der Waals surface area (Å²) in [6.07, 6.45) is 0.630. The van der Waals surface area contributed by atoms with Crippen molar-refractivity contribution in [3.05, 3.63) is 51.7 Å². The minimum absolute atomic E-state index is 0.269. The largest absolute Gasteiger partial charge is 0.386 e. The third-order valence-corrected chi connectivity index (χ3v) is 5.53. The number of thiophene rings is 1. The Morgan fingerprint density at radius 3 is 2.76 bits per heavy atom. The lowest BCUT2D eigenvalue weighted by molar-refractivity contribution is 0.179. The average Bonchev–Trinajstić information content (AvgIpc) is 2.93. The Kier molecular flexibility index (Phi) is 2.99. The van der Waals surface area contributed by atoms with Crippen molar-refractivity contribution < 1.29 is 5.11 Å². The number of hydrogen-bond donors (Lipinski definition) is 1.